The highest BCUT2D eigenvalue weighted by atomic mass is 35.5. The average molecular weight is 416 g/mol. The number of halogens is 1. The molecule has 2 N–H and O–H groups in total. The van der Waals surface area contributed by atoms with Gasteiger partial charge in [0.2, 0.25) is 11.8 Å². The van der Waals surface area contributed by atoms with E-state index in [2.05, 4.69) is 17.2 Å². The molecule has 6 nitrogen and oxygen atoms in total. The van der Waals surface area contributed by atoms with Crippen molar-refractivity contribution in [3.05, 3.63) is 71.3 Å². The van der Waals surface area contributed by atoms with Crippen molar-refractivity contribution >= 4 is 29.1 Å². The fraction of sp³-hybridized carbons (Fsp3) is 0.273. The topological polar surface area (TPSA) is 70.7 Å². The van der Waals surface area contributed by atoms with Gasteiger partial charge in [-0.1, -0.05) is 42.5 Å². The molecule has 2 rings (SSSR count). The number of carbonyl (C=O) groups is 2. The molecule has 154 valence electrons. The lowest BCUT2D eigenvalue weighted by Crippen LogP contribution is -2.39. The summed E-state index contributed by atoms with van der Waals surface area (Å²) in [6.45, 7) is 6.58. The van der Waals surface area contributed by atoms with E-state index < -0.39 is 0 Å². The van der Waals surface area contributed by atoms with Crippen molar-refractivity contribution in [2.45, 2.75) is 13.5 Å². The maximum atomic E-state index is 12.1. The minimum absolute atomic E-state index is 0.103. The summed E-state index contributed by atoms with van der Waals surface area (Å²) in [6.07, 6.45) is 1.69. The molecule has 0 aromatic heterocycles. The number of carbonyl (C=O) groups excluding carboxylic acids is 2. The number of nitrogens with zero attached hydrogens (tertiary/aromatic N) is 1. The molecule has 0 heterocycles. The maximum Gasteiger partial charge on any atom is 0.243 e. The zero-order chi connectivity index (χ0) is 21.2. The number of ether oxygens (including phenoxy) is 1. The quantitative estimate of drug-likeness (QED) is 0.583. The van der Waals surface area contributed by atoms with E-state index >= 15 is 0 Å². The first kappa shape index (κ1) is 22.5. The smallest absolute Gasteiger partial charge is 0.243 e. The number of rotatable bonds is 10. The zero-order valence-electron chi connectivity index (χ0n) is 16.7. The molecule has 7 heteroatoms. The Labute approximate surface area is 176 Å². The Bertz CT molecular complexity index is 853. The molecule has 29 heavy (non-hydrogen) atoms. The van der Waals surface area contributed by atoms with Gasteiger partial charge >= 0.3 is 0 Å². The van der Waals surface area contributed by atoms with Gasteiger partial charge in [0.05, 0.1) is 13.1 Å². The SMILES string of the molecule is C=CCOc1ccc(CN(C)CC(=O)NCC(=O)Nc2cccc(Cl)c2C)cc1. The predicted octanol–water partition coefficient (Wildman–Crippen LogP) is 3.40. The molecule has 0 radical (unpaired) electrons. The Kier molecular flexibility index (Phi) is 8.70. The Morgan fingerprint density at radius 1 is 1.17 bits per heavy atom. The van der Waals surface area contributed by atoms with E-state index in [1.165, 1.54) is 0 Å². The number of hydrogen-bond donors (Lipinski definition) is 2. The fourth-order valence-electron chi connectivity index (χ4n) is 2.63. The lowest BCUT2D eigenvalue weighted by Gasteiger charge is -2.17. The minimum Gasteiger partial charge on any atom is -0.490 e. The largest absolute Gasteiger partial charge is 0.490 e. The van der Waals surface area contributed by atoms with E-state index in [0.29, 0.717) is 23.9 Å². The summed E-state index contributed by atoms with van der Waals surface area (Å²) in [5.74, 6) is 0.243. The van der Waals surface area contributed by atoms with E-state index in [1.807, 2.05) is 43.1 Å². The van der Waals surface area contributed by atoms with Gasteiger partial charge in [-0.3, -0.25) is 14.5 Å². The number of anilines is 1. The molecule has 2 aromatic rings. The van der Waals surface area contributed by atoms with E-state index in [9.17, 15) is 9.59 Å². The number of amides is 2. The second-order valence-electron chi connectivity index (χ2n) is 6.65. The summed E-state index contributed by atoms with van der Waals surface area (Å²) in [5.41, 5.74) is 2.48. The van der Waals surface area contributed by atoms with Crippen molar-refractivity contribution in [1.82, 2.24) is 10.2 Å². The van der Waals surface area contributed by atoms with Crippen LogP contribution in [-0.4, -0.2) is 43.5 Å². The van der Waals surface area contributed by atoms with Crippen molar-refractivity contribution in [1.29, 1.82) is 0 Å². The second-order valence-corrected chi connectivity index (χ2v) is 7.06. The third kappa shape index (κ3) is 7.60. The van der Waals surface area contributed by atoms with Crippen LogP contribution in [0.15, 0.2) is 55.1 Å². The molecule has 0 spiro atoms. The summed E-state index contributed by atoms with van der Waals surface area (Å²) in [5, 5.41) is 5.96. The van der Waals surface area contributed by atoms with Crippen LogP contribution in [0.1, 0.15) is 11.1 Å². The summed E-state index contributed by atoms with van der Waals surface area (Å²) in [6, 6.07) is 13.0. The van der Waals surface area contributed by atoms with Gasteiger partial charge in [-0.05, 0) is 49.4 Å². The second kappa shape index (κ2) is 11.2. The monoisotopic (exact) mass is 415 g/mol. The van der Waals surface area contributed by atoms with Crippen LogP contribution in [0.2, 0.25) is 5.02 Å². The summed E-state index contributed by atoms with van der Waals surface area (Å²) < 4.78 is 5.45. The first-order valence-corrected chi connectivity index (χ1v) is 9.59. The molecule has 0 unspecified atom stereocenters. The first-order chi connectivity index (χ1) is 13.9. The third-order valence-corrected chi connectivity index (χ3v) is 4.55. The lowest BCUT2D eigenvalue weighted by atomic mass is 10.2. The Morgan fingerprint density at radius 2 is 1.90 bits per heavy atom. The Morgan fingerprint density at radius 3 is 2.59 bits per heavy atom. The van der Waals surface area contributed by atoms with Gasteiger partial charge in [0.25, 0.3) is 0 Å². The van der Waals surface area contributed by atoms with Crippen LogP contribution in [0.3, 0.4) is 0 Å². The fourth-order valence-corrected chi connectivity index (χ4v) is 2.81. The standard InChI is InChI=1S/C22H26ClN3O3/c1-4-12-29-18-10-8-17(9-11-18)14-26(3)15-22(28)24-13-21(27)25-20-7-5-6-19(23)16(20)2/h4-11H,1,12-15H2,2-3H3,(H,24,28)(H,25,27). The molecule has 0 saturated carbocycles. The molecule has 0 fully saturated rings. The van der Waals surface area contributed by atoms with Crippen LogP contribution in [0.25, 0.3) is 0 Å². The minimum atomic E-state index is -0.304. The molecule has 0 atom stereocenters. The Balaban J connectivity index is 1.74. The molecular weight excluding hydrogens is 390 g/mol. The van der Waals surface area contributed by atoms with Crippen LogP contribution < -0.4 is 15.4 Å². The molecule has 0 saturated heterocycles. The van der Waals surface area contributed by atoms with Crippen molar-refractivity contribution in [3.8, 4) is 5.75 Å². The van der Waals surface area contributed by atoms with Crippen molar-refractivity contribution in [2.75, 3.05) is 32.1 Å². The van der Waals surface area contributed by atoms with Gasteiger partial charge in [0.15, 0.2) is 0 Å². The Hall–Kier alpha value is -2.83. The lowest BCUT2D eigenvalue weighted by molar-refractivity contribution is -0.124. The van der Waals surface area contributed by atoms with Crippen molar-refractivity contribution in [2.24, 2.45) is 0 Å². The zero-order valence-corrected chi connectivity index (χ0v) is 17.5. The van der Waals surface area contributed by atoms with Gasteiger partial charge in [-0.25, -0.2) is 0 Å². The van der Waals surface area contributed by atoms with Crippen LogP contribution in [-0.2, 0) is 16.1 Å². The van der Waals surface area contributed by atoms with Crippen LogP contribution in [0.5, 0.6) is 5.75 Å². The number of benzene rings is 2. The van der Waals surface area contributed by atoms with E-state index in [4.69, 9.17) is 16.3 Å². The molecule has 2 aromatic carbocycles. The van der Waals surface area contributed by atoms with Crippen LogP contribution in [0.4, 0.5) is 5.69 Å². The highest BCUT2D eigenvalue weighted by Crippen LogP contribution is 2.22. The summed E-state index contributed by atoms with van der Waals surface area (Å²) in [4.78, 5) is 26.0. The maximum absolute atomic E-state index is 12.1. The van der Waals surface area contributed by atoms with Crippen molar-refractivity contribution in [3.63, 3.8) is 0 Å². The number of nitrogens with one attached hydrogen (secondary N) is 2. The van der Waals surface area contributed by atoms with Gasteiger partial charge < -0.3 is 15.4 Å². The number of likely N-dealkylation sites (N-methyl/N-ethyl adjacent to an activating group) is 1. The molecular formula is C22H26ClN3O3. The summed E-state index contributed by atoms with van der Waals surface area (Å²) >= 11 is 6.04. The van der Waals surface area contributed by atoms with E-state index in [-0.39, 0.29) is 24.9 Å². The number of hydrogen-bond acceptors (Lipinski definition) is 4. The third-order valence-electron chi connectivity index (χ3n) is 4.15. The van der Waals surface area contributed by atoms with Gasteiger partial charge in [0, 0.05) is 17.3 Å². The predicted molar refractivity (Wildman–Crippen MR) is 116 cm³/mol. The molecule has 0 aliphatic carbocycles. The van der Waals surface area contributed by atoms with Crippen molar-refractivity contribution < 1.29 is 14.3 Å². The molecule has 2 amide bonds. The average Bonchev–Trinajstić information content (AvgIpc) is 2.69. The molecule has 0 aliphatic heterocycles. The van der Waals surface area contributed by atoms with Gasteiger partial charge in [-0.15, -0.1) is 0 Å². The first-order valence-electron chi connectivity index (χ1n) is 9.22. The highest BCUT2D eigenvalue weighted by molar-refractivity contribution is 6.31. The normalized spacial score (nSPS) is 10.5. The highest BCUT2D eigenvalue weighted by Gasteiger charge is 2.11. The molecule has 0 aliphatic rings. The van der Waals surface area contributed by atoms with E-state index in [1.54, 1.807) is 24.3 Å². The van der Waals surface area contributed by atoms with Gasteiger partial charge in [-0.2, -0.15) is 0 Å². The molecule has 0 bridgehead atoms. The summed E-state index contributed by atoms with van der Waals surface area (Å²) in [7, 11) is 1.84. The van der Waals surface area contributed by atoms with Crippen LogP contribution in [0, 0.1) is 6.92 Å². The van der Waals surface area contributed by atoms with Crippen LogP contribution >= 0.6 is 11.6 Å². The van der Waals surface area contributed by atoms with Gasteiger partial charge in [0.1, 0.15) is 12.4 Å². The van der Waals surface area contributed by atoms with E-state index in [0.717, 1.165) is 16.9 Å².